The van der Waals surface area contributed by atoms with E-state index >= 15 is 0 Å². The summed E-state index contributed by atoms with van der Waals surface area (Å²) in [6.45, 7) is 4.26. The number of nitrogens with one attached hydrogen (secondary N) is 1. The molecule has 1 N–H and O–H groups in total. The van der Waals surface area contributed by atoms with Crippen LogP contribution in [0.4, 0.5) is 5.69 Å². The van der Waals surface area contributed by atoms with Crippen LogP contribution in [0.15, 0.2) is 65.5 Å². The summed E-state index contributed by atoms with van der Waals surface area (Å²) in [5.74, 6) is 1.21. The van der Waals surface area contributed by atoms with Crippen LogP contribution in [-0.4, -0.2) is 38.4 Å². The standard InChI is InChI=1S/C31H29N3O6S/c1-6-40-23-13-11-22(12-14-23)34-30(36)26(17-20-10-15-25(37-3)28(39-5)27(20)38-4)41-31(34)24(18-32)29(35)33-21-9-7-8-19(2)16-21/h7-17H,6H2,1-5H3,(H,33,35). The second-order valence-corrected chi connectivity index (χ2v) is 9.75. The topological polar surface area (TPSA) is 112 Å². The Morgan fingerprint density at radius 3 is 2.37 bits per heavy atom. The van der Waals surface area contributed by atoms with E-state index in [0.717, 1.165) is 16.9 Å². The molecule has 0 aliphatic rings. The van der Waals surface area contributed by atoms with E-state index in [-0.39, 0.29) is 14.8 Å². The SMILES string of the molecule is CCOc1ccc(-n2c(=C(C#N)C(=O)Nc3cccc(C)c3)sc(=Cc3ccc(OC)c(OC)c3OC)c2=O)cc1. The molecule has 0 aliphatic heterocycles. The summed E-state index contributed by atoms with van der Waals surface area (Å²) in [6, 6.07) is 19.6. The Morgan fingerprint density at radius 1 is 1.02 bits per heavy atom. The van der Waals surface area contributed by atoms with Gasteiger partial charge in [0, 0.05) is 11.3 Å². The molecule has 1 amide bonds. The summed E-state index contributed by atoms with van der Waals surface area (Å²) in [4.78, 5) is 27.2. The first kappa shape index (κ1) is 29.0. The fourth-order valence-corrected chi connectivity index (χ4v) is 5.33. The number of thiazole rings is 1. The van der Waals surface area contributed by atoms with Crippen LogP contribution in [0.2, 0.25) is 0 Å². The number of aromatic nitrogens is 1. The van der Waals surface area contributed by atoms with E-state index in [1.165, 1.54) is 25.9 Å². The van der Waals surface area contributed by atoms with Crippen molar-refractivity contribution in [1.29, 1.82) is 5.26 Å². The number of hydrogen-bond acceptors (Lipinski definition) is 8. The van der Waals surface area contributed by atoms with Gasteiger partial charge in [-0.2, -0.15) is 5.26 Å². The Kier molecular flexibility index (Phi) is 9.12. The zero-order chi connectivity index (χ0) is 29.5. The number of anilines is 1. The summed E-state index contributed by atoms with van der Waals surface area (Å²) >= 11 is 1.02. The largest absolute Gasteiger partial charge is 0.494 e. The van der Waals surface area contributed by atoms with Crippen LogP contribution in [0.3, 0.4) is 0 Å². The van der Waals surface area contributed by atoms with E-state index in [2.05, 4.69) is 5.32 Å². The molecule has 0 aliphatic carbocycles. The maximum Gasteiger partial charge on any atom is 0.273 e. The molecule has 1 heterocycles. The molecule has 0 bridgehead atoms. The molecule has 10 heteroatoms. The van der Waals surface area contributed by atoms with Crippen molar-refractivity contribution in [3.05, 3.63) is 91.3 Å². The Labute approximate surface area is 241 Å². The third-order valence-corrected chi connectivity index (χ3v) is 7.17. The van der Waals surface area contributed by atoms with Gasteiger partial charge in [0.05, 0.1) is 38.2 Å². The van der Waals surface area contributed by atoms with Crippen LogP contribution in [0, 0.1) is 18.3 Å². The van der Waals surface area contributed by atoms with Crippen LogP contribution >= 0.6 is 11.3 Å². The van der Waals surface area contributed by atoms with E-state index in [9.17, 15) is 14.9 Å². The number of carbonyl (C=O) groups is 1. The van der Waals surface area contributed by atoms with Gasteiger partial charge in [0.1, 0.15) is 16.5 Å². The molecule has 0 saturated heterocycles. The number of nitriles is 1. The molecular weight excluding hydrogens is 542 g/mol. The molecule has 4 rings (SSSR count). The van der Waals surface area contributed by atoms with Gasteiger partial charge in [-0.05, 0) is 74.0 Å². The lowest BCUT2D eigenvalue weighted by Gasteiger charge is -2.13. The van der Waals surface area contributed by atoms with Gasteiger partial charge in [-0.1, -0.05) is 12.1 Å². The van der Waals surface area contributed by atoms with Gasteiger partial charge in [0.2, 0.25) is 5.75 Å². The van der Waals surface area contributed by atoms with E-state index in [1.54, 1.807) is 54.6 Å². The van der Waals surface area contributed by atoms with Gasteiger partial charge in [-0.15, -0.1) is 11.3 Å². The van der Waals surface area contributed by atoms with E-state index in [4.69, 9.17) is 18.9 Å². The normalized spacial score (nSPS) is 11.9. The maximum atomic E-state index is 13.9. The molecule has 0 atom stereocenters. The van der Waals surface area contributed by atoms with Crippen molar-refractivity contribution in [2.75, 3.05) is 33.3 Å². The Bertz CT molecular complexity index is 1800. The van der Waals surface area contributed by atoms with Crippen molar-refractivity contribution >= 4 is 34.6 Å². The number of rotatable bonds is 9. The molecule has 41 heavy (non-hydrogen) atoms. The Balaban J connectivity index is 1.99. The fourth-order valence-electron chi connectivity index (χ4n) is 4.23. The maximum absolute atomic E-state index is 13.9. The van der Waals surface area contributed by atoms with Crippen molar-refractivity contribution in [3.63, 3.8) is 0 Å². The highest BCUT2D eigenvalue weighted by molar-refractivity contribution is 7.07. The predicted octanol–water partition coefficient (Wildman–Crippen LogP) is 3.77. The molecule has 0 spiro atoms. The minimum absolute atomic E-state index is 0.178. The zero-order valence-corrected chi connectivity index (χ0v) is 24.1. The molecular formula is C31H29N3O6S. The number of benzene rings is 3. The summed E-state index contributed by atoms with van der Waals surface area (Å²) < 4.78 is 23.8. The molecule has 0 saturated carbocycles. The quantitative estimate of drug-likeness (QED) is 0.326. The molecule has 0 radical (unpaired) electrons. The summed E-state index contributed by atoms with van der Waals surface area (Å²) in [6.07, 6.45) is 1.63. The summed E-state index contributed by atoms with van der Waals surface area (Å²) in [7, 11) is 4.50. The number of aryl methyl sites for hydroxylation is 1. The molecule has 3 aromatic carbocycles. The molecule has 0 unspecified atom stereocenters. The van der Waals surface area contributed by atoms with E-state index in [0.29, 0.717) is 46.5 Å². The Hall–Kier alpha value is -5.01. The number of ether oxygens (including phenoxy) is 4. The minimum Gasteiger partial charge on any atom is -0.494 e. The molecule has 210 valence electrons. The number of amides is 1. The predicted molar refractivity (Wildman–Crippen MR) is 159 cm³/mol. The first-order valence-corrected chi connectivity index (χ1v) is 13.4. The van der Waals surface area contributed by atoms with Crippen molar-refractivity contribution in [1.82, 2.24) is 4.57 Å². The van der Waals surface area contributed by atoms with Gasteiger partial charge in [0.15, 0.2) is 17.1 Å². The highest BCUT2D eigenvalue weighted by Gasteiger charge is 2.19. The summed E-state index contributed by atoms with van der Waals surface area (Å²) in [5, 5.41) is 12.9. The van der Waals surface area contributed by atoms with Crippen LogP contribution in [0.25, 0.3) is 17.3 Å². The third-order valence-electron chi connectivity index (χ3n) is 6.08. The van der Waals surface area contributed by atoms with Crippen LogP contribution in [-0.2, 0) is 4.79 Å². The first-order chi connectivity index (χ1) is 19.8. The highest BCUT2D eigenvalue weighted by atomic mass is 32.1. The van der Waals surface area contributed by atoms with Crippen molar-refractivity contribution in [2.24, 2.45) is 0 Å². The third kappa shape index (κ3) is 6.10. The van der Waals surface area contributed by atoms with E-state index in [1.807, 2.05) is 32.0 Å². The second kappa shape index (κ2) is 12.9. The fraction of sp³-hybridized carbons (Fsp3) is 0.194. The lowest BCUT2D eigenvalue weighted by atomic mass is 10.1. The number of nitrogens with zero attached hydrogens (tertiary/aromatic N) is 2. The van der Waals surface area contributed by atoms with Gasteiger partial charge in [0.25, 0.3) is 11.5 Å². The van der Waals surface area contributed by atoms with Gasteiger partial charge < -0.3 is 24.3 Å². The summed E-state index contributed by atoms with van der Waals surface area (Å²) in [5.41, 5.74) is 1.89. The molecule has 4 aromatic rings. The smallest absolute Gasteiger partial charge is 0.273 e. The lowest BCUT2D eigenvalue weighted by Crippen LogP contribution is -2.32. The minimum atomic E-state index is -0.630. The lowest BCUT2D eigenvalue weighted by molar-refractivity contribution is -0.111. The van der Waals surface area contributed by atoms with Crippen LogP contribution in [0.5, 0.6) is 23.0 Å². The van der Waals surface area contributed by atoms with Crippen molar-refractivity contribution in [2.45, 2.75) is 13.8 Å². The van der Waals surface area contributed by atoms with E-state index < -0.39 is 11.5 Å². The second-order valence-electron chi connectivity index (χ2n) is 8.72. The molecule has 0 fully saturated rings. The number of methoxy groups -OCH3 is 3. The monoisotopic (exact) mass is 571 g/mol. The van der Waals surface area contributed by atoms with Crippen LogP contribution in [0.1, 0.15) is 18.1 Å². The first-order valence-electron chi connectivity index (χ1n) is 12.6. The van der Waals surface area contributed by atoms with Crippen molar-refractivity contribution in [3.8, 4) is 34.8 Å². The van der Waals surface area contributed by atoms with Gasteiger partial charge >= 0.3 is 0 Å². The zero-order valence-electron chi connectivity index (χ0n) is 23.3. The number of hydrogen-bond donors (Lipinski definition) is 1. The average molecular weight is 572 g/mol. The Morgan fingerprint density at radius 2 is 1.76 bits per heavy atom. The molecule has 9 nitrogen and oxygen atoms in total. The average Bonchev–Trinajstić information content (AvgIpc) is 3.28. The van der Waals surface area contributed by atoms with Gasteiger partial charge in [-0.3, -0.25) is 14.2 Å². The van der Waals surface area contributed by atoms with Gasteiger partial charge in [-0.25, -0.2) is 0 Å². The molecule has 1 aromatic heterocycles. The highest BCUT2D eigenvalue weighted by Crippen LogP contribution is 2.40. The number of carbonyl (C=O) groups excluding carboxylic acids is 1. The van der Waals surface area contributed by atoms with Crippen LogP contribution < -0.4 is 39.0 Å². The van der Waals surface area contributed by atoms with Crippen molar-refractivity contribution < 1.29 is 23.7 Å².